The molecule has 1 unspecified atom stereocenters. The SMILES string of the molecule is CCC(CC)(CN)C(=O)NC1CCOc2c(Cl)cccc21.Cl. The molecule has 0 fully saturated rings. The van der Waals surface area contributed by atoms with Crippen LogP contribution in [0.4, 0.5) is 0 Å². The minimum absolute atomic E-state index is 0. The highest BCUT2D eigenvalue weighted by atomic mass is 35.5. The molecule has 0 radical (unpaired) electrons. The van der Waals surface area contributed by atoms with Gasteiger partial charge in [0.25, 0.3) is 0 Å². The molecule has 1 aromatic carbocycles. The van der Waals surface area contributed by atoms with Gasteiger partial charge in [-0.1, -0.05) is 37.6 Å². The van der Waals surface area contributed by atoms with Crippen LogP contribution in [0, 0.1) is 5.41 Å². The maximum atomic E-state index is 12.7. The number of fused-ring (bicyclic) bond motifs is 1. The summed E-state index contributed by atoms with van der Waals surface area (Å²) in [5.74, 6) is 0.704. The Morgan fingerprint density at radius 3 is 2.73 bits per heavy atom. The van der Waals surface area contributed by atoms with Crippen LogP contribution < -0.4 is 15.8 Å². The molecule has 6 heteroatoms. The highest BCUT2D eigenvalue weighted by Crippen LogP contribution is 2.38. The number of carbonyl (C=O) groups is 1. The Hall–Kier alpha value is -0.970. The van der Waals surface area contributed by atoms with Crippen molar-refractivity contribution < 1.29 is 9.53 Å². The third kappa shape index (κ3) is 3.50. The molecule has 0 aromatic heterocycles. The molecule has 0 bridgehead atoms. The third-order valence-corrected chi connectivity index (χ3v) is 4.85. The van der Waals surface area contributed by atoms with E-state index in [9.17, 15) is 4.79 Å². The van der Waals surface area contributed by atoms with E-state index in [1.807, 2.05) is 26.0 Å². The van der Waals surface area contributed by atoms with Gasteiger partial charge in [-0.3, -0.25) is 4.79 Å². The standard InChI is InChI=1S/C16H23ClN2O2.ClH/c1-3-16(4-2,10-18)15(20)19-13-8-9-21-14-11(13)6-5-7-12(14)17;/h5-7,13H,3-4,8-10,18H2,1-2H3,(H,19,20);1H. The first-order valence-corrected chi connectivity index (χ1v) is 7.88. The molecule has 0 aliphatic carbocycles. The Bertz CT molecular complexity index is 511. The second-order valence-electron chi connectivity index (χ2n) is 5.51. The highest BCUT2D eigenvalue weighted by Gasteiger charge is 2.35. The van der Waals surface area contributed by atoms with Gasteiger partial charge in [0.1, 0.15) is 5.75 Å². The molecule has 1 atom stereocenters. The van der Waals surface area contributed by atoms with Gasteiger partial charge in [-0.05, 0) is 18.9 Å². The molecule has 2 rings (SSSR count). The summed E-state index contributed by atoms with van der Waals surface area (Å²) in [6.45, 7) is 4.92. The van der Waals surface area contributed by atoms with Gasteiger partial charge in [-0.15, -0.1) is 12.4 Å². The molecule has 0 saturated carbocycles. The molecule has 124 valence electrons. The summed E-state index contributed by atoms with van der Waals surface area (Å²) in [6.07, 6.45) is 2.21. The molecule has 4 nitrogen and oxygen atoms in total. The average molecular weight is 347 g/mol. The third-order valence-electron chi connectivity index (χ3n) is 4.56. The summed E-state index contributed by atoms with van der Waals surface area (Å²) < 4.78 is 5.62. The number of carbonyl (C=O) groups excluding carboxylic acids is 1. The fraction of sp³-hybridized carbons (Fsp3) is 0.562. The lowest BCUT2D eigenvalue weighted by Crippen LogP contribution is -2.47. The Balaban J connectivity index is 0.00000242. The molecular weight excluding hydrogens is 323 g/mol. The molecule has 1 aromatic rings. The van der Waals surface area contributed by atoms with Crippen molar-refractivity contribution >= 4 is 29.9 Å². The lowest BCUT2D eigenvalue weighted by molar-refractivity contribution is -0.132. The number of rotatable bonds is 5. The van der Waals surface area contributed by atoms with E-state index in [0.717, 1.165) is 24.8 Å². The predicted molar refractivity (Wildman–Crippen MR) is 91.8 cm³/mol. The van der Waals surface area contributed by atoms with Crippen LogP contribution in [0.15, 0.2) is 18.2 Å². The van der Waals surface area contributed by atoms with Crippen LogP contribution in [-0.4, -0.2) is 19.1 Å². The number of amides is 1. The molecule has 1 aliphatic rings. The second-order valence-corrected chi connectivity index (χ2v) is 5.92. The average Bonchev–Trinajstić information content (AvgIpc) is 2.51. The number of benzene rings is 1. The fourth-order valence-electron chi connectivity index (χ4n) is 2.80. The monoisotopic (exact) mass is 346 g/mol. The molecule has 0 spiro atoms. The van der Waals surface area contributed by atoms with E-state index >= 15 is 0 Å². The van der Waals surface area contributed by atoms with Gasteiger partial charge in [-0.25, -0.2) is 0 Å². The van der Waals surface area contributed by atoms with Crippen LogP contribution in [0.25, 0.3) is 0 Å². The summed E-state index contributed by atoms with van der Waals surface area (Å²) in [5.41, 5.74) is 6.30. The number of para-hydroxylation sites is 1. The number of nitrogens with one attached hydrogen (secondary N) is 1. The Morgan fingerprint density at radius 2 is 2.14 bits per heavy atom. The van der Waals surface area contributed by atoms with Crippen molar-refractivity contribution in [1.82, 2.24) is 5.32 Å². The molecule has 3 N–H and O–H groups in total. The fourth-order valence-corrected chi connectivity index (χ4v) is 3.04. The van der Waals surface area contributed by atoms with Crippen LogP contribution in [0.1, 0.15) is 44.7 Å². The van der Waals surface area contributed by atoms with E-state index in [4.69, 9.17) is 22.1 Å². The zero-order valence-electron chi connectivity index (χ0n) is 13.0. The van der Waals surface area contributed by atoms with E-state index in [1.54, 1.807) is 6.07 Å². The summed E-state index contributed by atoms with van der Waals surface area (Å²) in [7, 11) is 0. The number of ether oxygens (including phenoxy) is 1. The van der Waals surface area contributed by atoms with Gasteiger partial charge in [0, 0.05) is 18.5 Å². The number of halogens is 2. The molecule has 1 heterocycles. The second kappa shape index (κ2) is 8.04. The minimum atomic E-state index is -0.489. The topological polar surface area (TPSA) is 64.4 Å². The van der Waals surface area contributed by atoms with Crippen molar-refractivity contribution in [3.05, 3.63) is 28.8 Å². The summed E-state index contributed by atoms with van der Waals surface area (Å²) in [6, 6.07) is 5.56. The van der Waals surface area contributed by atoms with E-state index in [2.05, 4.69) is 5.32 Å². The first-order valence-electron chi connectivity index (χ1n) is 7.50. The van der Waals surface area contributed by atoms with Crippen LogP contribution in [0.3, 0.4) is 0 Å². The predicted octanol–water partition coefficient (Wildman–Crippen LogP) is 3.47. The van der Waals surface area contributed by atoms with Crippen molar-refractivity contribution in [1.29, 1.82) is 0 Å². The maximum absolute atomic E-state index is 12.7. The van der Waals surface area contributed by atoms with E-state index in [1.165, 1.54) is 0 Å². The number of nitrogens with two attached hydrogens (primary N) is 1. The van der Waals surface area contributed by atoms with Crippen molar-refractivity contribution in [2.24, 2.45) is 11.1 Å². The van der Waals surface area contributed by atoms with Gasteiger partial charge in [0.05, 0.1) is 23.1 Å². The van der Waals surface area contributed by atoms with Crippen LogP contribution in [0.5, 0.6) is 5.75 Å². The number of hydrogen-bond acceptors (Lipinski definition) is 3. The van der Waals surface area contributed by atoms with Gasteiger partial charge in [-0.2, -0.15) is 0 Å². The largest absolute Gasteiger partial charge is 0.492 e. The van der Waals surface area contributed by atoms with Crippen molar-refractivity contribution in [2.75, 3.05) is 13.2 Å². The first kappa shape index (κ1) is 19.1. The van der Waals surface area contributed by atoms with Crippen molar-refractivity contribution in [3.8, 4) is 5.75 Å². The Labute approximate surface area is 143 Å². The number of hydrogen-bond donors (Lipinski definition) is 2. The lowest BCUT2D eigenvalue weighted by Gasteiger charge is -2.33. The molecule has 1 amide bonds. The maximum Gasteiger partial charge on any atom is 0.227 e. The van der Waals surface area contributed by atoms with Gasteiger partial charge in [0.15, 0.2) is 0 Å². The van der Waals surface area contributed by atoms with Crippen LogP contribution in [0.2, 0.25) is 5.02 Å². The zero-order valence-corrected chi connectivity index (χ0v) is 14.6. The van der Waals surface area contributed by atoms with Crippen molar-refractivity contribution in [2.45, 2.75) is 39.2 Å². The van der Waals surface area contributed by atoms with Gasteiger partial charge < -0.3 is 15.8 Å². The molecule has 22 heavy (non-hydrogen) atoms. The summed E-state index contributed by atoms with van der Waals surface area (Å²) >= 11 is 6.16. The zero-order chi connectivity index (χ0) is 15.5. The Kier molecular flexibility index (Phi) is 6.98. The van der Waals surface area contributed by atoms with Gasteiger partial charge >= 0.3 is 0 Å². The smallest absolute Gasteiger partial charge is 0.227 e. The molecular formula is C16H24Cl2N2O2. The summed E-state index contributed by atoms with van der Waals surface area (Å²) in [4.78, 5) is 12.7. The van der Waals surface area contributed by atoms with E-state index < -0.39 is 5.41 Å². The highest BCUT2D eigenvalue weighted by molar-refractivity contribution is 6.32. The lowest BCUT2D eigenvalue weighted by atomic mass is 9.81. The molecule has 1 aliphatic heterocycles. The van der Waals surface area contributed by atoms with E-state index in [-0.39, 0.29) is 24.4 Å². The normalized spacial score (nSPS) is 17.0. The van der Waals surface area contributed by atoms with Crippen molar-refractivity contribution in [3.63, 3.8) is 0 Å². The van der Waals surface area contributed by atoms with Crippen LogP contribution >= 0.6 is 24.0 Å². The van der Waals surface area contributed by atoms with E-state index in [0.29, 0.717) is 23.9 Å². The molecule has 0 saturated heterocycles. The summed E-state index contributed by atoms with van der Waals surface area (Å²) in [5, 5.41) is 3.72. The first-order chi connectivity index (χ1) is 10.1. The Morgan fingerprint density at radius 1 is 1.45 bits per heavy atom. The van der Waals surface area contributed by atoms with Crippen LogP contribution in [-0.2, 0) is 4.79 Å². The van der Waals surface area contributed by atoms with Gasteiger partial charge in [0.2, 0.25) is 5.91 Å². The minimum Gasteiger partial charge on any atom is -0.492 e. The quantitative estimate of drug-likeness (QED) is 0.857.